The fourth-order valence-electron chi connectivity index (χ4n) is 1.79. The molecule has 0 unspecified atom stereocenters. The fourth-order valence-corrected chi connectivity index (χ4v) is 2.33. The van der Waals surface area contributed by atoms with Crippen molar-refractivity contribution in [1.82, 2.24) is 4.90 Å². The van der Waals surface area contributed by atoms with Crippen LogP contribution in [-0.2, 0) is 0 Å². The van der Waals surface area contributed by atoms with Crippen molar-refractivity contribution < 1.29 is 4.39 Å². The van der Waals surface area contributed by atoms with Crippen molar-refractivity contribution in [1.29, 1.82) is 5.41 Å². The predicted molar refractivity (Wildman–Crippen MR) is 61.7 cm³/mol. The van der Waals surface area contributed by atoms with Gasteiger partial charge in [-0.3, -0.25) is 5.41 Å². The monoisotopic (exact) mass is 270 g/mol. The Morgan fingerprint density at radius 1 is 1.33 bits per heavy atom. The first-order valence-electron chi connectivity index (χ1n) is 4.97. The summed E-state index contributed by atoms with van der Waals surface area (Å²) in [5.41, 5.74) is 0.762. The Morgan fingerprint density at radius 3 is 2.60 bits per heavy atom. The van der Waals surface area contributed by atoms with Gasteiger partial charge in [0.2, 0.25) is 0 Å². The normalized spacial score (nSPS) is 15.7. The van der Waals surface area contributed by atoms with Crippen molar-refractivity contribution in [2.45, 2.75) is 12.8 Å². The minimum Gasteiger partial charge on any atom is -0.357 e. The van der Waals surface area contributed by atoms with E-state index in [2.05, 4.69) is 15.9 Å². The zero-order valence-corrected chi connectivity index (χ0v) is 9.85. The molecule has 15 heavy (non-hydrogen) atoms. The Hall–Kier alpha value is -0.900. The second-order valence-electron chi connectivity index (χ2n) is 3.67. The van der Waals surface area contributed by atoms with Crippen molar-refractivity contribution in [2.24, 2.45) is 0 Å². The molecule has 0 radical (unpaired) electrons. The number of nitrogens with zero attached hydrogens (tertiary/aromatic N) is 1. The van der Waals surface area contributed by atoms with Crippen LogP contribution in [0.2, 0.25) is 0 Å². The zero-order valence-electron chi connectivity index (χ0n) is 8.26. The van der Waals surface area contributed by atoms with Crippen LogP contribution < -0.4 is 0 Å². The molecule has 1 heterocycles. The minimum atomic E-state index is -0.278. The fraction of sp³-hybridized carbons (Fsp3) is 0.364. The molecule has 1 aromatic rings. The van der Waals surface area contributed by atoms with Crippen LogP contribution in [0.5, 0.6) is 0 Å². The molecular formula is C11H12BrFN2. The van der Waals surface area contributed by atoms with E-state index in [1.807, 2.05) is 4.90 Å². The first-order valence-corrected chi connectivity index (χ1v) is 5.77. The molecule has 1 aromatic carbocycles. The molecule has 1 aliphatic heterocycles. The number of rotatable bonds is 1. The van der Waals surface area contributed by atoms with Crippen molar-refractivity contribution >= 4 is 21.8 Å². The van der Waals surface area contributed by atoms with E-state index in [1.54, 1.807) is 6.07 Å². The molecule has 1 fully saturated rings. The lowest BCUT2D eigenvalue weighted by Crippen LogP contribution is -2.27. The summed E-state index contributed by atoms with van der Waals surface area (Å²) in [4.78, 5) is 2.03. The van der Waals surface area contributed by atoms with E-state index in [0.29, 0.717) is 10.3 Å². The Kier molecular flexibility index (Phi) is 3.05. The highest BCUT2D eigenvalue weighted by atomic mass is 79.9. The van der Waals surface area contributed by atoms with Crippen molar-refractivity contribution in [2.75, 3.05) is 13.1 Å². The Balaban J connectivity index is 2.24. The zero-order chi connectivity index (χ0) is 10.8. The third kappa shape index (κ3) is 2.20. The van der Waals surface area contributed by atoms with Gasteiger partial charge < -0.3 is 4.90 Å². The maximum Gasteiger partial charge on any atom is 0.129 e. The van der Waals surface area contributed by atoms with Crippen LogP contribution in [0.25, 0.3) is 0 Å². The maximum atomic E-state index is 12.9. The molecule has 2 rings (SSSR count). The molecule has 0 saturated carbocycles. The molecule has 1 N–H and O–H groups in total. The first-order chi connectivity index (χ1) is 7.18. The van der Waals surface area contributed by atoms with E-state index >= 15 is 0 Å². The maximum absolute atomic E-state index is 12.9. The third-order valence-corrected chi connectivity index (χ3v) is 3.26. The van der Waals surface area contributed by atoms with Crippen molar-refractivity contribution in [3.05, 3.63) is 34.1 Å². The molecule has 2 nitrogen and oxygen atoms in total. The molecule has 0 aliphatic carbocycles. The lowest BCUT2D eigenvalue weighted by atomic mass is 10.2. The Bertz CT molecular complexity index is 386. The predicted octanol–water partition coefficient (Wildman–Crippen LogP) is 3.01. The van der Waals surface area contributed by atoms with Crippen molar-refractivity contribution in [3.8, 4) is 0 Å². The SMILES string of the molecule is N=C(c1ccc(F)cc1Br)N1CCCC1. The van der Waals surface area contributed by atoms with Crippen LogP contribution in [-0.4, -0.2) is 23.8 Å². The molecule has 1 aliphatic rings. The standard InChI is InChI=1S/C11H12BrFN2/c12-10-7-8(13)3-4-9(10)11(14)15-5-1-2-6-15/h3-4,7,14H,1-2,5-6H2. The van der Waals surface area contributed by atoms with Crippen LogP contribution in [0.1, 0.15) is 18.4 Å². The van der Waals surface area contributed by atoms with Gasteiger partial charge in [0.1, 0.15) is 11.7 Å². The summed E-state index contributed by atoms with van der Waals surface area (Å²) in [6.45, 7) is 1.87. The molecule has 0 amide bonds. The summed E-state index contributed by atoms with van der Waals surface area (Å²) in [5, 5.41) is 8.01. The Labute approximate surface area is 96.7 Å². The van der Waals surface area contributed by atoms with Gasteiger partial charge in [-0.2, -0.15) is 0 Å². The van der Waals surface area contributed by atoms with E-state index in [-0.39, 0.29) is 5.82 Å². The van der Waals surface area contributed by atoms with Gasteiger partial charge >= 0.3 is 0 Å². The summed E-state index contributed by atoms with van der Waals surface area (Å²) < 4.78 is 13.5. The molecule has 0 atom stereocenters. The van der Waals surface area contributed by atoms with E-state index in [0.717, 1.165) is 31.5 Å². The summed E-state index contributed by atoms with van der Waals surface area (Å²) in [7, 11) is 0. The summed E-state index contributed by atoms with van der Waals surface area (Å²) in [6.07, 6.45) is 2.28. The van der Waals surface area contributed by atoms with Crippen LogP contribution in [0.3, 0.4) is 0 Å². The highest BCUT2D eigenvalue weighted by Crippen LogP contribution is 2.21. The van der Waals surface area contributed by atoms with Gasteiger partial charge in [0.15, 0.2) is 0 Å². The number of likely N-dealkylation sites (tertiary alicyclic amines) is 1. The van der Waals surface area contributed by atoms with Gasteiger partial charge in [-0.1, -0.05) is 0 Å². The Morgan fingerprint density at radius 2 is 2.00 bits per heavy atom. The van der Waals surface area contributed by atoms with Gasteiger partial charge in [0, 0.05) is 23.1 Å². The topological polar surface area (TPSA) is 27.1 Å². The average Bonchev–Trinajstić information content (AvgIpc) is 2.69. The highest BCUT2D eigenvalue weighted by molar-refractivity contribution is 9.10. The van der Waals surface area contributed by atoms with Crippen LogP contribution in [0.4, 0.5) is 4.39 Å². The molecule has 0 bridgehead atoms. The summed E-state index contributed by atoms with van der Waals surface area (Å²) >= 11 is 3.29. The van der Waals surface area contributed by atoms with Crippen molar-refractivity contribution in [3.63, 3.8) is 0 Å². The van der Waals surface area contributed by atoms with E-state index < -0.39 is 0 Å². The molecule has 4 heteroatoms. The number of benzene rings is 1. The van der Waals surface area contributed by atoms with Crippen LogP contribution in [0.15, 0.2) is 22.7 Å². The highest BCUT2D eigenvalue weighted by Gasteiger charge is 2.18. The van der Waals surface area contributed by atoms with Crippen LogP contribution in [0, 0.1) is 11.2 Å². The minimum absolute atomic E-state index is 0.278. The van der Waals surface area contributed by atoms with Gasteiger partial charge in [-0.25, -0.2) is 4.39 Å². The van der Waals surface area contributed by atoms with Gasteiger partial charge in [0.05, 0.1) is 0 Å². The molecular weight excluding hydrogens is 259 g/mol. The largest absolute Gasteiger partial charge is 0.357 e. The van der Waals surface area contributed by atoms with E-state index in [4.69, 9.17) is 5.41 Å². The van der Waals surface area contributed by atoms with Crippen LogP contribution >= 0.6 is 15.9 Å². The third-order valence-electron chi connectivity index (χ3n) is 2.61. The second kappa shape index (κ2) is 4.31. The number of halogens is 2. The van der Waals surface area contributed by atoms with Gasteiger partial charge in [0.25, 0.3) is 0 Å². The van der Waals surface area contributed by atoms with E-state index in [9.17, 15) is 4.39 Å². The van der Waals surface area contributed by atoms with Gasteiger partial charge in [-0.05, 0) is 47.0 Å². The average molecular weight is 271 g/mol. The molecule has 1 saturated heterocycles. The first kappa shape index (κ1) is 10.6. The summed E-state index contributed by atoms with van der Waals surface area (Å²) in [6, 6.07) is 4.45. The number of amidine groups is 1. The quantitative estimate of drug-likeness (QED) is 0.617. The lowest BCUT2D eigenvalue weighted by molar-refractivity contribution is 0.516. The molecule has 0 spiro atoms. The smallest absolute Gasteiger partial charge is 0.129 e. The summed E-state index contributed by atoms with van der Waals surface area (Å²) in [5.74, 6) is 0.208. The number of nitrogens with one attached hydrogen (secondary N) is 1. The number of hydrogen-bond donors (Lipinski definition) is 1. The molecule has 80 valence electrons. The van der Waals surface area contributed by atoms with Gasteiger partial charge in [-0.15, -0.1) is 0 Å². The lowest BCUT2D eigenvalue weighted by Gasteiger charge is -2.19. The number of hydrogen-bond acceptors (Lipinski definition) is 1. The van der Waals surface area contributed by atoms with E-state index in [1.165, 1.54) is 12.1 Å². The molecule has 0 aromatic heterocycles. The second-order valence-corrected chi connectivity index (χ2v) is 4.52.